The van der Waals surface area contributed by atoms with Crippen LogP contribution in [0.2, 0.25) is 0 Å². The lowest BCUT2D eigenvalue weighted by Gasteiger charge is -2.20. The molecule has 0 aliphatic heterocycles. The zero-order valence-electron chi connectivity index (χ0n) is 16.9. The second kappa shape index (κ2) is 10.2. The van der Waals surface area contributed by atoms with E-state index < -0.39 is 26.9 Å². The van der Waals surface area contributed by atoms with Crippen LogP contribution in [0.1, 0.15) is 41.7 Å². The molecule has 0 unspecified atom stereocenters. The Bertz CT molecular complexity index is 959. The SMILES string of the molecule is CCCCNC(=O)C(=O)NC[C@@H](c1cccnc1)S(=O)(=O)c1cc(C)ccc1C. The van der Waals surface area contributed by atoms with Gasteiger partial charge in [0.05, 0.1) is 4.90 Å². The Labute approximate surface area is 171 Å². The minimum Gasteiger partial charge on any atom is -0.348 e. The summed E-state index contributed by atoms with van der Waals surface area (Å²) >= 11 is 0. The number of unbranched alkanes of at least 4 members (excludes halogenated alkanes) is 1. The number of benzene rings is 1. The standard InChI is InChI=1S/C21H27N3O4S/c1-4-5-11-23-20(25)21(26)24-14-19(17-7-6-10-22-13-17)29(27,28)18-12-15(2)8-9-16(18)3/h6-10,12-13,19H,4-5,11,14H2,1-3H3,(H,23,25)(H,24,26)/t19-/m0/s1. The van der Waals surface area contributed by atoms with Gasteiger partial charge < -0.3 is 10.6 Å². The molecule has 0 saturated heterocycles. The van der Waals surface area contributed by atoms with Gasteiger partial charge in [-0.2, -0.15) is 0 Å². The molecule has 0 bridgehead atoms. The van der Waals surface area contributed by atoms with E-state index in [4.69, 9.17) is 0 Å². The third-order valence-electron chi connectivity index (χ3n) is 4.55. The minimum atomic E-state index is -3.84. The molecule has 2 N–H and O–H groups in total. The third kappa shape index (κ3) is 5.87. The summed E-state index contributed by atoms with van der Waals surface area (Å²) in [5, 5.41) is 3.92. The van der Waals surface area contributed by atoms with Gasteiger partial charge >= 0.3 is 11.8 Å². The number of carbonyl (C=O) groups excluding carboxylic acids is 2. The van der Waals surface area contributed by atoms with Crippen LogP contribution in [-0.2, 0) is 19.4 Å². The van der Waals surface area contributed by atoms with Crippen LogP contribution in [0.15, 0.2) is 47.6 Å². The molecule has 0 spiro atoms. The summed E-state index contributed by atoms with van der Waals surface area (Å²) in [6.45, 7) is 5.69. The van der Waals surface area contributed by atoms with E-state index in [0.29, 0.717) is 17.7 Å². The maximum absolute atomic E-state index is 13.4. The number of aryl methyl sites for hydroxylation is 2. The first-order valence-corrected chi connectivity index (χ1v) is 11.1. The maximum Gasteiger partial charge on any atom is 0.309 e. The smallest absolute Gasteiger partial charge is 0.309 e. The summed E-state index contributed by atoms with van der Waals surface area (Å²) < 4.78 is 26.8. The highest BCUT2D eigenvalue weighted by Gasteiger charge is 2.31. The van der Waals surface area contributed by atoms with Crippen molar-refractivity contribution >= 4 is 21.7 Å². The van der Waals surface area contributed by atoms with Crippen LogP contribution in [0, 0.1) is 13.8 Å². The molecule has 2 amide bonds. The maximum atomic E-state index is 13.4. The van der Waals surface area contributed by atoms with E-state index in [9.17, 15) is 18.0 Å². The molecule has 8 heteroatoms. The lowest BCUT2D eigenvalue weighted by molar-refractivity contribution is -0.139. The summed E-state index contributed by atoms with van der Waals surface area (Å²) in [5.41, 5.74) is 1.88. The van der Waals surface area contributed by atoms with E-state index in [1.165, 1.54) is 6.20 Å². The van der Waals surface area contributed by atoms with Crippen LogP contribution in [-0.4, -0.2) is 38.3 Å². The minimum absolute atomic E-state index is 0.202. The second-order valence-electron chi connectivity index (χ2n) is 6.91. The molecule has 1 heterocycles. The van der Waals surface area contributed by atoms with Crippen molar-refractivity contribution in [2.75, 3.05) is 13.1 Å². The molecule has 0 saturated carbocycles. The molecular weight excluding hydrogens is 390 g/mol. The molecule has 0 aliphatic rings. The zero-order valence-corrected chi connectivity index (χ0v) is 17.8. The quantitative estimate of drug-likeness (QED) is 0.506. The fraction of sp³-hybridized carbons (Fsp3) is 0.381. The molecule has 0 fully saturated rings. The fourth-order valence-electron chi connectivity index (χ4n) is 2.86. The molecule has 2 rings (SSSR count). The van der Waals surface area contributed by atoms with Crippen molar-refractivity contribution in [1.29, 1.82) is 0 Å². The van der Waals surface area contributed by atoms with Crippen molar-refractivity contribution in [2.45, 2.75) is 43.8 Å². The lowest BCUT2D eigenvalue weighted by atomic mass is 10.2. The molecule has 7 nitrogen and oxygen atoms in total. The first-order chi connectivity index (χ1) is 13.8. The molecule has 0 radical (unpaired) electrons. The summed E-state index contributed by atoms with van der Waals surface area (Å²) in [7, 11) is -3.84. The van der Waals surface area contributed by atoms with Crippen molar-refractivity contribution < 1.29 is 18.0 Å². The number of hydrogen-bond donors (Lipinski definition) is 2. The van der Waals surface area contributed by atoms with Gasteiger partial charge in [-0.05, 0) is 49.1 Å². The van der Waals surface area contributed by atoms with Gasteiger partial charge in [0.25, 0.3) is 0 Å². The zero-order chi connectivity index (χ0) is 21.4. The Kier molecular flexibility index (Phi) is 7.90. The number of sulfone groups is 1. The van der Waals surface area contributed by atoms with Crippen LogP contribution in [0.3, 0.4) is 0 Å². The second-order valence-corrected chi connectivity index (χ2v) is 9.01. The Morgan fingerprint density at radius 3 is 2.48 bits per heavy atom. The summed E-state index contributed by atoms with van der Waals surface area (Å²) in [6, 6.07) is 8.50. The van der Waals surface area contributed by atoms with Gasteiger partial charge in [-0.1, -0.05) is 31.5 Å². The lowest BCUT2D eigenvalue weighted by Crippen LogP contribution is -2.42. The van der Waals surface area contributed by atoms with Crippen molar-refractivity contribution in [2.24, 2.45) is 0 Å². The summed E-state index contributed by atoms with van der Waals surface area (Å²) in [4.78, 5) is 28.2. The van der Waals surface area contributed by atoms with Crippen LogP contribution in [0.25, 0.3) is 0 Å². The molecular formula is C21H27N3O4S. The van der Waals surface area contributed by atoms with Gasteiger partial charge in [0, 0.05) is 25.5 Å². The van der Waals surface area contributed by atoms with Gasteiger partial charge in [-0.15, -0.1) is 0 Å². The predicted octanol–water partition coefficient (Wildman–Crippen LogP) is 2.25. The Morgan fingerprint density at radius 1 is 1.10 bits per heavy atom. The average Bonchev–Trinajstić information content (AvgIpc) is 2.70. The van der Waals surface area contributed by atoms with Crippen LogP contribution < -0.4 is 10.6 Å². The van der Waals surface area contributed by atoms with Gasteiger partial charge in [0.15, 0.2) is 9.84 Å². The Balaban J connectivity index is 2.28. The highest BCUT2D eigenvalue weighted by atomic mass is 32.2. The van der Waals surface area contributed by atoms with E-state index in [1.807, 2.05) is 19.9 Å². The highest BCUT2D eigenvalue weighted by molar-refractivity contribution is 7.91. The third-order valence-corrected chi connectivity index (χ3v) is 6.79. The average molecular weight is 418 g/mol. The number of nitrogens with one attached hydrogen (secondary N) is 2. The topological polar surface area (TPSA) is 105 Å². The van der Waals surface area contributed by atoms with Gasteiger partial charge in [-0.25, -0.2) is 8.42 Å². The number of amides is 2. The van der Waals surface area contributed by atoms with Crippen LogP contribution in [0.5, 0.6) is 0 Å². The van der Waals surface area contributed by atoms with Crippen LogP contribution >= 0.6 is 0 Å². The first-order valence-electron chi connectivity index (χ1n) is 9.54. The number of carbonyl (C=O) groups is 2. The normalized spacial score (nSPS) is 12.2. The Hall–Kier alpha value is -2.74. The molecule has 2 aromatic rings. The van der Waals surface area contributed by atoms with Crippen molar-refractivity contribution in [3.63, 3.8) is 0 Å². The molecule has 1 aromatic carbocycles. The number of hydrogen-bond acceptors (Lipinski definition) is 5. The van der Waals surface area contributed by atoms with E-state index in [0.717, 1.165) is 18.4 Å². The Morgan fingerprint density at radius 2 is 1.83 bits per heavy atom. The van der Waals surface area contributed by atoms with Crippen molar-refractivity contribution in [1.82, 2.24) is 15.6 Å². The largest absolute Gasteiger partial charge is 0.348 e. The summed E-state index contributed by atoms with van der Waals surface area (Å²) in [6.07, 6.45) is 4.66. The highest BCUT2D eigenvalue weighted by Crippen LogP contribution is 2.30. The first kappa shape index (κ1) is 22.5. The number of pyridine rings is 1. The fourth-order valence-corrected chi connectivity index (χ4v) is 4.84. The van der Waals surface area contributed by atoms with Gasteiger partial charge in [0.2, 0.25) is 0 Å². The summed E-state index contributed by atoms with van der Waals surface area (Å²) in [5.74, 6) is -1.63. The number of rotatable bonds is 8. The predicted molar refractivity (Wildman–Crippen MR) is 111 cm³/mol. The number of aromatic nitrogens is 1. The van der Waals surface area contributed by atoms with Gasteiger partial charge in [-0.3, -0.25) is 14.6 Å². The van der Waals surface area contributed by atoms with E-state index in [-0.39, 0.29) is 11.4 Å². The molecule has 29 heavy (non-hydrogen) atoms. The molecule has 0 aliphatic carbocycles. The molecule has 1 atom stereocenters. The van der Waals surface area contributed by atoms with Crippen molar-refractivity contribution in [3.05, 3.63) is 59.4 Å². The van der Waals surface area contributed by atoms with E-state index in [1.54, 1.807) is 37.4 Å². The monoisotopic (exact) mass is 417 g/mol. The van der Waals surface area contributed by atoms with Crippen LogP contribution in [0.4, 0.5) is 0 Å². The number of nitrogens with zero attached hydrogens (tertiary/aromatic N) is 1. The van der Waals surface area contributed by atoms with Crippen molar-refractivity contribution in [3.8, 4) is 0 Å². The van der Waals surface area contributed by atoms with Gasteiger partial charge in [0.1, 0.15) is 5.25 Å². The molecule has 156 valence electrons. The van der Waals surface area contributed by atoms with E-state index >= 15 is 0 Å². The molecule has 1 aromatic heterocycles. The van der Waals surface area contributed by atoms with E-state index in [2.05, 4.69) is 15.6 Å².